The highest BCUT2D eigenvalue weighted by Gasteiger charge is 2.22. The molecule has 1 nitrogen and oxygen atoms in total. The van der Waals surface area contributed by atoms with Crippen LogP contribution in [0.15, 0.2) is 52.6 Å². The molecule has 0 N–H and O–H groups in total. The van der Waals surface area contributed by atoms with Gasteiger partial charge < -0.3 is 0 Å². The van der Waals surface area contributed by atoms with Gasteiger partial charge in [-0.2, -0.15) is 0 Å². The van der Waals surface area contributed by atoms with Crippen LogP contribution in [0.5, 0.6) is 0 Å². The molecule has 112 valence electrons. The zero-order valence-electron chi connectivity index (χ0n) is 13.5. The van der Waals surface area contributed by atoms with Gasteiger partial charge in [-0.3, -0.25) is 4.99 Å². The average Bonchev–Trinajstić information content (AvgIpc) is 2.43. The minimum Gasteiger partial charge on any atom is -0.289 e. The molecule has 0 bridgehead atoms. The second-order valence-electron chi connectivity index (χ2n) is 5.01. The van der Waals surface area contributed by atoms with Crippen molar-refractivity contribution >= 4 is 17.8 Å². The number of rotatable bonds is 8. The van der Waals surface area contributed by atoms with E-state index in [0.29, 0.717) is 11.8 Å². The molecule has 2 unspecified atom stereocenters. The minimum atomic E-state index is 0.109. The van der Waals surface area contributed by atoms with Crippen LogP contribution in [-0.2, 0) is 0 Å². The summed E-state index contributed by atoms with van der Waals surface area (Å²) in [6.45, 7) is 14.3. The maximum atomic E-state index is 6.10. The van der Waals surface area contributed by atoms with Gasteiger partial charge in [0.2, 0.25) is 0 Å². The highest BCUT2D eigenvalue weighted by atomic mass is 35.5. The summed E-state index contributed by atoms with van der Waals surface area (Å²) in [5, 5.41) is 0. The van der Waals surface area contributed by atoms with Gasteiger partial charge in [-0.25, -0.2) is 0 Å². The molecule has 0 aromatic carbocycles. The normalized spacial score (nSPS) is 15.6. The Morgan fingerprint density at radius 2 is 2.00 bits per heavy atom. The van der Waals surface area contributed by atoms with E-state index in [1.807, 2.05) is 19.2 Å². The van der Waals surface area contributed by atoms with Crippen molar-refractivity contribution in [2.24, 2.45) is 10.9 Å². The first-order chi connectivity index (χ1) is 9.53. The van der Waals surface area contributed by atoms with E-state index in [-0.39, 0.29) is 6.04 Å². The Balaban J connectivity index is 5.62. The standard InChI is InChI=1S/C18H28ClN/c1-7-10-12-17(14(4)5)18(20-9-3)15(6)16(13-19)11-8-2/h7,9-12,15,18H,1,8,13H2,2-6H3. The summed E-state index contributed by atoms with van der Waals surface area (Å²) in [6.07, 6.45) is 11.0. The molecule has 0 spiro atoms. The average molecular weight is 294 g/mol. The molecule has 0 aliphatic rings. The molecular formula is C18H28ClN. The zero-order chi connectivity index (χ0) is 15.5. The van der Waals surface area contributed by atoms with Crippen LogP contribution in [0.3, 0.4) is 0 Å². The molecule has 0 aliphatic heterocycles. The van der Waals surface area contributed by atoms with Gasteiger partial charge in [0, 0.05) is 11.8 Å². The van der Waals surface area contributed by atoms with Gasteiger partial charge in [-0.05, 0) is 39.0 Å². The maximum Gasteiger partial charge on any atom is 0.0807 e. The molecule has 0 saturated carbocycles. The Labute approximate surface area is 129 Å². The summed E-state index contributed by atoms with van der Waals surface area (Å²) in [7, 11) is 0. The summed E-state index contributed by atoms with van der Waals surface area (Å²) >= 11 is 6.10. The Bertz CT molecular complexity index is 409. The first kappa shape index (κ1) is 18.9. The molecule has 0 saturated heterocycles. The van der Waals surface area contributed by atoms with Crippen LogP contribution in [0.4, 0.5) is 0 Å². The van der Waals surface area contributed by atoms with Crippen molar-refractivity contribution in [3.05, 3.63) is 47.6 Å². The smallest absolute Gasteiger partial charge is 0.0807 e. The third kappa shape index (κ3) is 5.92. The molecule has 0 amide bonds. The number of hydrogen-bond donors (Lipinski definition) is 0. The van der Waals surface area contributed by atoms with Crippen molar-refractivity contribution in [3.63, 3.8) is 0 Å². The van der Waals surface area contributed by atoms with Gasteiger partial charge in [-0.1, -0.05) is 55.9 Å². The number of hydrogen-bond acceptors (Lipinski definition) is 1. The summed E-state index contributed by atoms with van der Waals surface area (Å²) < 4.78 is 0. The SMILES string of the molecule is C=CC=CC(=C(C)C)C(N=CC)C(C)C(=CCC)CCl. The van der Waals surface area contributed by atoms with Crippen molar-refractivity contribution in [1.29, 1.82) is 0 Å². The number of aliphatic imine (C=N–C) groups is 1. The van der Waals surface area contributed by atoms with Crippen LogP contribution in [0.1, 0.15) is 41.0 Å². The number of alkyl halides is 1. The van der Waals surface area contributed by atoms with E-state index in [4.69, 9.17) is 11.6 Å². The van der Waals surface area contributed by atoms with Crippen molar-refractivity contribution in [3.8, 4) is 0 Å². The van der Waals surface area contributed by atoms with E-state index in [9.17, 15) is 0 Å². The summed E-state index contributed by atoms with van der Waals surface area (Å²) in [6, 6.07) is 0.109. The molecule has 2 atom stereocenters. The predicted octanol–water partition coefficient (Wildman–Crippen LogP) is 5.74. The molecule has 0 radical (unpaired) electrons. The van der Waals surface area contributed by atoms with E-state index in [1.165, 1.54) is 16.7 Å². The molecule has 20 heavy (non-hydrogen) atoms. The lowest BCUT2D eigenvalue weighted by molar-refractivity contribution is 0.581. The lowest BCUT2D eigenvalue weighted by Crippen LogP contribution is -2.21. The Hall–Kier alpha value is -1.08. The molecule has 0 fully saturated rings. The number of nitrogens with zero attached hydrogens (tertiary/aromatic N) is 1. The molecule has 0 heterocycles. The van der Waals surface area contributed by atoms with Gasteiger partial charge in [0.15, 0.2) is 0 Å². The Kier molecular flexibility index (Phi) is 10.1. The fraction of sp³-hybridized carbons (Fsp3) is 0.500. The van der Waals surface area contributed by atoms with E-state index in [1.54, 1.807) is 6.08 Å². The van der Waals surface area contributed by atoms with E-state index in [0.717, 1.165) is 6.42 Å². The topological polar surface area (TPSA) is 12.4 Å². The van der Waals surface area contributed by atoms with Crippen molar-refractivity contribution in [1.82, 2.24) is 0 Å². The van der Waals surface area contributed by atoms with Crippen LogP contribution in [-0.4, -0.2) is 18.1 Å². The quantitative estimate of drug-likeness (QED) is 0.234. The third-order valence-electron chi connectivity index (χ3n) is 3.30. The first-order valence-electron chi connectivity index (χ1n) is 7.22. The fourth-order valence-electron chi connectivity index (χ4n) is 2.20. The second-order valence-corrected chi connectivity index (χ2v) is 5.28. The van der Waals surface area contributed by atoms with Gasteiger partial charge in [-0.15, -0.1) is 11.6 Å². The Morgan fingerprint density at radius 3 is 2.40 bits per heavy atom. The van der Waals surface area contributed by atoms with Gasteiger partial charge in [0.25, 0.3) is 0 Å². The van der Waals surface area contributed by atoms with Crippen LogP contribution >= 0.6 is 11.6 Å². The maximum absolute atomic E-state index is 6.10. The van der Waals surface area contributed by atoms with E-state index in [2.05, 4.69) is 51.4 Å². The van der Waals surface area contributed by atoms with Crippen LogP contribution in [0.2, 0.25) is 0 Å². The van der Waals surface area contributed by atoms with Crippen LogP contribution in [0.25, 0.3) is 0 Å². The van der Waals surface area contributed by atoms with Gasteiger partial charge in [0.1, 0.15) is 0 Å². The second kappa shape index (κ2) is 10.7. The fourth-order valence-corrected chi connectivity index (χ4v) is 2.55. The van der Waals surface area contributed by atoms with Crippen molar-refractivity contribution in [2.75, 3.05) is 5.88 Å². The molecular weight excluding hydrogens is 266 g/mol. The number of allylic oxidation sites excluding steroid dienone is 4. The Morgan fingerprint density at radius 1 is 1.35 bits per heavy atom. The van der Waals surface area contributed by atoms with Crippen LogP contribution in [0, 0.1) is 5.92 Å². The molecule has 2 heteroatoms. The molecule has 0 rings (SSSR count). The highest BCUT2D eigenvalue weighted by molar-refractivity contribution is 6.19. The molecule has 0 aromatic heterocycles. The number of halogens is 1. The van der Waals surface area contributed by atoms with Gasteiger partial charge >= 0.3 is 0 Å². The summed E-state index contributed by atoms with van der Waals surface area (Å²) in [4.78, 5) is 4.68. The largest absolute Gasteiger partial charge is 0.289 e. The molecule has 0 aliphatic carbocycles. The third-order valence-corrected chi connectivity index (χ3v) is 3.61. The van der Waals surface area contributed by atoms with E-state index < -0.39 is 0 Å². The monoisotopic (exact) mass is 293 g/mol. The van der Waals surface area contributed by atoms with Crippen LogP contribution < -0.4 is 0 Å². The minimum absolute atomic E-state index is 0.109. The predicted molar refractivity (Wildman–Crippen MR) is 93.9 cm³/mol. The molecule has 0 aromatic rings. The van der Waals surface area contributed by atoms with Gasteiger partial charge in [0.05, 0.1) is 6.04 Å². The summed E-state index contributed by atoms with van der Waals surface area (Å²) in [5.74, 6) is 0.856. The van der Waals surface area contributed by atoms with E-state index >= 15 is 0 Å². The lowest BCUT2D eigenvalue weighted by atomic mass is 9.86. The summed E-state index contributed by atoms with van der Waals surface area (Å²) in [5.41, 5.74) is 3.77. The van der Waals surface area contributed by atoms with Crippen molar-refractivity contribution < 1.29 is 0 Å². The first-order valence-corrected chi connectivity index (χ1v) is 7.75. The van der Waals surface area contributed by atoms with Crippen molar-refractivity contribution in [2.45, 2.75) is 47.1 Å². The zero-order valence-corrected chi connectivity index (χ0v) is 14.2. The lowest BCUT2D eigenvalue weighted by Gasteiger charge is -2.24. The highest BCUT2D eigenvalue weighted by Crippen LogP contribution is 2.27.